The molecule has 0 saturated heterocycles. The molecule has 0 aliphatic carbocycles. The Balaban J connectivity index is 3.06. The molecule has 1 atom stereocenters. The Morgan fingerprint density at radius 1 is 1.67 bits per heavy atom. The minimum atomic E-state index is -1.02. The SMILES string of the molecule is C[C@H](O)c1cc(Br)cc([N+](=O)[O-])c1OCC(=O)NCC#N. The van der Waals surface area contributed by atoms with E-state index in [1.807, 2.05) is 0 Å². The lowest BCUT2D eigenvalue weighted by Crippen LogP contribution is -2.29. The van der Waals surface area contributed by atoms with Gasteiger partial charge >= 0.3 is 5.69 Å². The molecule has 0 heterocycles. The Labute approximate surface area is 128 Å². The summed E-state index contributed by atoms with van der Waals surface area (Å²) < 4.78 is 5.57. The van der Waals surface area contributed by atoms with Gasteiger partial charge in [0.1, 0.15) is 6.54 Å². The van der Waals surface area contributed by atoms with E-state index in [2.05, 4.69) is 21.2 Å². The lowest BCUT2D eigenvalue weighted by atomic mass is 10.1. The van der Waals surface area contributed by atoms with E-state index >= 15 is 0 Å². The summed E-state index contributed by atoms with van der Waals surface area (Å²) in [5.74, 6) is -0.768. The number of carbonyl (C=O) groups is 1. The fourth-order valence-electron chi connectivity index (χ4n) is 1.53. The van der Waals surface area contributed by atoms with Crippen molar-refractivity contribution >= 4 is 27.5 Å². The lowest BCUT2D eigenvalue weighted by molar-refractivity contribution is -0.386. The van der Waals surface area contributed by atoms with Gasteiger partial charge in [-0.15, -0.1) is 0 Å². The van der Waals surface area contributed by atoms with E-state index in [0.29, 0.717) is 4.47 Å². The van der Waals surface area contributed by atoms with Gasteiger partial charge in [0.25, 0.3) is 5.91 Å². The highest BCUT2D eigenvalue weighted by Gasteiger charge is 2.24. The van der Waals surface area contributed by atoms with Gasteiger partial charge in [0.2, 0.25) is 5.75 Å². The van der Waals surface area contributed by atoms with Gasteiger partial charge in [-0.2, -0.15) is 5.26 Å². The first-order chi connectivity index (χ1) is 9.86. The van der Waals surface area contributed by atoms with E-state index in [1.165, 1.54) is 19.1 Å². The van der Waals surface area contributed by atoms with Crippen LogP contribution in [0.5, 0.6) is 5.75 Å². The van der Waals surface area contributed by atoms with Gasteiger partial charge in [-0.05, 0) is 13.0 Å². The first kappa shape index (κ1) is 16.9. The van der Waals surface area contributed by atoms with Crippen LogP contribution in [0.1, 0.15) is 18.6 Å². The van der Waals surface area contributed by atoms with Gasteiger partial charge in [0.05, 0.1) is 17.1 Å². The zero-order valence-corrected chi connectivity index (χ0v) is 12.6. The van der Waals surface area contributed by atoms with Crippen molar-refractivity contribution < 1.29 is 19.6 Å². The van der Waals surface area contributed by atoms with E-state index in [4.69, 9.17) is 10.00 Å². The summed E-state index contributed by atoms with van der Waals surface area (Å²) in [5.41, 5.74) is -0.183. The number of carbonyl (C=O) groups excluding carboxylic acids is 1. The third-order valence-corrected chi connectivity index (χ3v) is 2.88. The summed E-state index contributed by atoms with van der Waals surface area (Å²) in [7, 11) is 0. The lowest BCUT2D eigenvalue weighted by Gasteiger charge is -2.14. The number of nitrogens with one attached hydrogen (secondary N) is 1. The third-order valence-electron chi connectivity index (χ3n) is 2.42. The molecule has 1 rings (SSSR count). The maximum absolute atomic E-state index is 11.4. The first-order valence-corrected chi connectivity index (χ1v) is 6.58. The van der Waals surface area contributed by atoms with Crippen molar-refractivity contribution in [3.8, 4) is 11.8 Å². The number of nitro benzene ring substituents is 1. The molecule has 0 aliphatic heterocycles. The maximum atomic E-state index is 11.4. The Hall–Kier alpha value is -2.18. The number of nitrogens with zero attached hydrogens (tertiary/aromatic N) is 2. The number of rotatable bonds is 6. The number of benzene rings is 1. The van der Waals surface area contributed by atoms with E-state index < -0.39 is 23.5 Å². The van der Waals surface area contributed by atoms with Crippen LogP contribution in [0.25, 0.3) is 0 Å². The molecule has 0 aliphatic rings. The number of hydrogen-bond donors (Lipinski definition) is 2. The normalized spacial score (nSPS) is 11.3. The van der Waals surface area contributed by atoms with Crippen molar-refractivity contribution in [3.05, 3.63) is 32.3 Å². The highest BCUT2D eigenvalue weighted by Crippen LogP contribution is 2.37. The number of aliphatic hydroxyl groups is 1. The fraction of sp³-hybridized carbons (Fsp3) is 0.333. The Morgan fingerprint density at radius 2 is 2.33 bits per heavy atom. The smallest absolute Gasteiger partial charge is 0.312 e. The Morgan fingerprint density at radius 3 is 2.86 bits per heavy atom. The molecule has 1 aromatic carbocycles. The van der Waals surface area contributed by atoms with Crippen LogP contribution in [0.3, 0.4) is 0 Å². The van der Waals surface area contributed by atoms with E-state index in [0.717, 1.165) is 0 Å². The van der Waals surface area contributed by atoms with Crippen molar-refractivity contribution in [1.82, 2.24) is 5.32 Å². The average molecular weight is 358 g/mol. The van der Waals surface area contributed by atoms with Crippen LogP contribution in [-0.4, -0.2) is 29.1 Å². The number of amides is 1. The second kappa shape index (κ2) is 7.56. The minimum Gasteiger partial charge on any atom is -0.476 e. The zero-order valence-electron chi connectivity index (χ0n) is 11.0. The molecule has 0 fully saturated rings. The highest BCUT2D eigenvalue weighted by molar-refractivity contribution is 9.10. The first-order valence-electron chi connectivity index (χ1n) is 5.79. The molecule has 0 spiro atoms. The molecular weight excluding hydrogens is 346 g/mol. The summed E-state index contributed by atoms with van der Waals surface area (Å²) in [6.45, 7) is 0.742. The molecule has 0 saturated carbocycles. The molecule has 9 heteroatoms. The minimum absolute atomic E-state index is 0.176. The van der Waals surface area contributed by atoms with Gasteiger partial charge in [-0.25, -0.2) is 0 Å². The summed E-state index contributed by atoms with van der Waals surface area (Å²) in [4.78, 5) is 21.8. The topological polar surface area (TPSA) is 125 Å². The molecule has 0 bridgehead atoms. The third kappa shape index (κ3) is 4.70. The Kier molecular flexibility index (Phi) is 6.08. The monoisotopic (exact) mass is 357 g/mol. The summed E-state index contributed by atoms with van der Waals surface area (Å²) in [6, 6.07) is 4.41. The molecule has 21 heavy (non-hydrogen) atoms. The number of hydrogen-bond acceptors (Lipinski definition) is 6. The van der Waals surface area contributed by atoms with E-state index in [-0.39, 0.29) is 23.5 Å². The second-order valence-corrected chi connectivity index (χ2v) is 4.92. The number of ether oxygens (including phenoxy) is 1. The van der Waals surface area contributed by atoms with Crippen molar-refractivity contribution in [2.75, 3.05) is 13.2 Å². The van der Waals surface area contributed by atoms with Crippen LogP contribution < -0.4 is 10.1 Å². The highest BCUT2D eigenvalue weighted by atomic mass is 79.9. The van der Waals surface area contributed by atoms with Gasteiger partial charge < -0.3 is 15.2 Å². The van der Waals surface area contributed by atoms with Crippen molar-refractivity contribution in [2.24, 2.45) is 0 Å². The predicted molar refractivity (Wildman–Crippen MR) is 75.5 cm³/mol. The van der Waals surface area contributed by atoms with Gasteiger partial charge in [-0.3, -0.25) is 14.9 Å². The molecule has 0 unspecified atom stereocenters. The zero-order chi connectivity index (χ0) is 16.0. The summed E-state index contributed by atoms with van der Waals surface area (Å²) >= 11 is 3.11. The molecule has 2 N–H and O–H groups in total. The van der Waals surface area contributed by atoms with Crippen molar-refractivity contribution in [3.63, 3.8) is 0 Å². The molecule has 1 aromatic rings. The van der Waals surface area contributed by atoms with Crippen LogP contribution in [0.4, 0.5) is 5.69 Å². The number of nitriles is 1. The van der Waals surface area contributed by atoms with Crippen LogP contribution >= 0.6 is 15.9 Å². The molecular formula is C12H12BrN3O5. The van der Waals surface area contributed by atoms with Crippen LogP contribution in [0, 0.1) is 21.4 Å². The van der Waals surface area contributed by atoms with Crippen LogP contribution in [0.15, 0.2) is 16.6 Å². The second-order valence-electron chi connectivity index (χ2n) is 4.00. The summed E-state index contributed by atoms with van der Waals surface area (Å²) in [6.07, 6.45) is -1.02. The van der Waals surface area contributed by atoms with Crippen molar-refractivity contribution in [2.45, 2.75) is 13.0 Å². The molecule has 0 aromatic heterocycles. The largest absolute Gasteiger partial charge is 0.476 e. The Bertz CT molecular complexity index is 597. The fourth-order valence-corrected chi connectivity index (χ4v) is 1.99. The van der Waals surface area contributed by atoms with Gasteiger partial charge in [0, 0.05) is 16.1 Å². The maximum Gasteiger partial charge on any atom is 0.312 e. The van der Waals surface area contributed by atoms with E-state index in [1.54, 1.807) is 6.07 Å². The summed E-state index contributed by atoms with van der Waals surface area (Å²) in [5, 5.41) is 31.3. The average Bonchev–Trinajstić information content (AvgIpc) is 2.42. The van der Waals surface area contributed by atoms with Crippen LogP contribution in [-0.2, 0) is 4.79 Å². The van der Waals surface area contributed by atoms with Crippen molar-refractivity contribution in [1.29, 1.82) is 5.26 Å². The predicted octanol–water partition coefficient (Wildman–Crippen LogP) is 1.43. The van der Waals surface area contributed by atoms with Crippen LogP contribution in [0.2, 0.25) is 0 Å². The molecule has 1 amide bonds. The number of aliphatic hydroxyl groups excluding tert-OH is 1. The molecule has 112 valence electrons. The number of nitro groups is 1. The van der Waals surface area contributed by atoms with Gasteiger partial charge in [0.15, 0.2) is 6.61 Å². The number of halogens is 1. The van der Waals surface area contributed by atoms with Gasteiger partial charge in [-0.1, -0.05) is 15.9 Å². The molecule has 8 nitrogen and oxygen atoms in total. The molecule has 0 radical (unpaired) electrons. The quantitative estimate of drug-likeness (QED) is 0.450. The standard InChI is InChI=1S/C12H12BrN3O5/c1-7(17)9-4-8(13)5-10(16(19)20)12(9)21-6-11(18)15-3-2-14/h4-5,7,17H,3,6H2,1H3,(H,15,18)/t7-/m0/s1. The van der Waals surface area contributed by atoms with E-state index in [9.17, 15) is 20.0 Å².